The van der Waals surface area contributed by atoms with Crippen molar-refractivity contribution in [1.82, 2.24) is 9.55 Å². The van der Waals surface area contributed by atoms with E-state index in [9.17, 15) is 5.11 Å². The molecule has 7 heteroatoms. The summed E-state index contributed by atoms with van der Waals surface area (Å²) in [5.74, 6) is 2.73. The minimum atomic E-state index is -0.743. The van der Waals surface area contributed by atoms with Crippen LogP contribution in [0.15, 0.2) is 78.9 Å². The monoisotopic (exact) mass is 419 g/mol. The van der Waals surface area contributed by atoms with Crippen LogP contribution < -0.4 is 14.8 Å². The van der Waals surface area contributed by atoms with E-state index in [1.165, 1.54) is 0 Å². The molecule has 7 nitrogen and oxygen atoms in total. The lowest BCUT2D eigenvalue weighted by atomic mass is 10.3. The van der Waals surface area contributed by atoms with E-state index in [1.54, 1.807) is 0 Å². The van der Waals surface area contributed by atoms with Crippen molar-refractivity contribution in [3.63, 3.8) is 0 Å². The molecule has 160 valence electrons. The van der Waals surface area contributed by atoms with Gasteiger partial charge in [-0.25, -0.2) is 4.98 Å². The molecule has 4 aromatic rings. The zero-order valence-electron chi connectivity index (χ0n) is 17.0. The molecule has 0 radical (unpaired) electrons. The molecule has 1 unspecified atom stereocenters. The van der Waals surface area contributed by atoms with Crippen LogP contribution in [0.25, 0.3) is 11.0 Å². The van der Waals surface area contributed by atoms with Crippen LogP contribution in [-0.2, 0) is 6.54 Å². The van der Waals surface area contributed by atoms with Crippen LogP contribution in [0.3, 0.4) is 0 Å². The zero-order valence-corrected chi connectivity index (χ0v) is 17.0. The molecule has 4 rings (SSSR count). The lowest BCUT2D eigenvalue weighted by molar-refractivity contribution is 0.0938. The van der Waals surface area contributed by atoms with E-state index in [4.69, 9.17) is 14.6 Å². The van der Waals surface area contributed by atoms with Crippen LogP contribution in [0.1, 0.15) is 0 Å². The third-order valence-electron chi connectivity index (χ3n) is 4.69. The average molecular weight is 419 g/mol. The Hall–Kier alpha value is -3.55. The highest BCUT2D eigenvalue weighted by molar-refractivity contribution is 5.78. The largest absolute Gasteiger partial charge is 0.491 e. The van der Waals surface area contributed by atoms with Crippen molar-refractivity contribution in [1.29, 1.82) is 0 Å². The third-order valence-corrected chi connectivity index (χ3v) is 4.69. The third kappa shape index (κ3) is 5.33. The number of nitrogens with one attached hydrogen (secondary N) is 1. The first-order valence-electron chi connectivity index (χ1n) is 10.2. The summed E-state index contributed by atoms with van der Waals surface area (Å²) in [6.07, 6.45) is -0.743. The molecule has 0 bridgehead atoms. The highest BCUT2D eigenvalue weighted by Crippen LogP contribution is 2.24. The standard InChI is InChI=1S/C24H25N3O4/c28-15-14-25-24-26-22-8-4-5-9-23(22)27(24)16-18(29)17-30-19-10-12-21(13-11-19)31-20-6-2-1-3-7-20/h1-13,18,28-29H,14-17H2,(H,25,26). The molecule has 0 aliphatic rings. The van der Waals surface area contributed by atoms with Gasteiger partial charge in [0.1, 0.15) is 30.0 Å². The van der Waals surface area contributed by atoms with Crippen molar-refractivity contribution in [2.45, 2.75) is 12.6 Å². The Morgan fingerprint density at radius 1 is 0.871 bits per heavy atom. The maximum Gasteiger partial charge on any atom is 0.204 e. The summed E-state index contributed by atoms with van der Waals surface area (Å²) in [7, 11) is 0. The molecule has 0 spiro atoms. The van der Waals surface area contributed by atoms with E-state index in [2.05, 4.69) is 10.3 Å². The number of imidazole rings is 1. The van der Waals surface area contributed by atoms with Crippen LogP contribution in [0, 0.1) is 0 Å². The Balaban J connectivity index is 1.36. The number of aromatic nitrogens is 2. The van der Waals surface area contributed by atoms with E-state index in [0.29, 0.717) is 30.5 Å². The molecular weight excluding hydrogens is 394 g/mol. The SMILES string of the molecule is OCCNc1nc2ccccc2n1CC(O)COc1ccc(Oc2ccccc2)cc1. The van der Waals surface area contributed by atoms with Crippen LogP contribution >= 0.6 is 0 Å². The molecule has 0 aliphatic carbocycles. The highest BCUT2D eigenvalue weighted by Gasteiger charge is 2.14. The topological polar surface area (TPSA) is 88.8 Å². The van der Waals surface area contributed by atoms with Gasteiger partial charge >= 0.3 is 0 Å². The highest BCUT2D eigenvalue weighted by atomic mass is 16.5. The molecule has 1 aromatic heterocycles. The number of hydrogen-bond acceptors (Lipinski definition) is 6. The molecule has 31 heavy (non-hydrogen) atoms. The fraction of sp³-hybridized carbons (Fsp3) is 0.208. The van der Waals surface area contributed by atoms with Gasteiger partial charge in [0.15, 0.2) is 0 Å². The summed E-state index contributed by atoms with van der Waals surface area (Å²) in [6.45, 7) is 0.820. The van der Waals surface area contributed by atoms with Crippen molar-refractivity contribution in [3.8, 4) is 17.2 Å². The predicted molar refractivity (Wildman–Crippen MR) is 120 cm³/mol. The van der Waals surface area contributed by atoms with Gasteiger partial charge in [-0.05, 0) is 48.5 Å². The molecule has 0 amide bonds. The Labute approximate surface area is 180 Å². The Morgan fingerprint density at radius 2 is 1.55 bits per heavy atom. The number of para-hydroxylation sites is 3. The number of fused-ring (bicyclic) bond motifs is 1. The second kappa shape index (κ2) is 9.97. The van der Waals surface area contributed by atoms with E-state index in [1.807, 2.05) is 83.4 Å². The number of anilines is 1. The number of rotatable bonds is 10. The first-order chi connectivity index (χ1) is 15.2. The summed E-state index contributed by atoms with van der Waals surface area (Å²) in [6, 6.07) is 24.6. The number of benzene rings is 3. The molecular formula is C24H25N3O4. The predicted octanol–water partition coefficient (Wildman–Crippen LogP) is 3.67. The Morgan fingerprint density at radius 3 is 2.32 bits per heavy atom. The first kappa shape index (κ1) is 20.7. The maximum absolute atomic E-state index is 10.6. The normalized spacial score (nSPS) is 11.9. The van der Waals surface area contributed by atoms with E-state index < -0.39 is 6.10 Å². The number of ether oxygens (including phenoxy) is 2. The van der Waals surface area contributed by atoms with Crippen molar-refractivity contribution in [3.05, 3.63) is 78.9 Å². The summed E-state index contributed by atoms with van der Waals surface area (Å²) in [5.41, 5.74) is 1.73. The summed E-state index contributed by atoms with van der Waals surface area (Å²) >= 11 is 0. The summed E-state index contributed by atoms with van der Waals surface area (Å²) < 4.78 is 13.4. The number of aliphatic hydroxyl groups is 2. The first-order valence-corrected chi connectivity index (χ1v) is 10.2. The summed E-state index contributed by atoms with van der Waals surface area (Å²) in [5, 5.41) is 22.8. The number of nitrogens with zero attached hydrogens (tertiary/aromatic N) is 2. The van der Waals surface area contributed by atoms with E-state index >= 15 is 0 Å². The lowest BCUT2D eigenvalue weighted by Gasteiger charge is -2.16. The number of hydrogen-bond donors (Lipinski definition) is 3. The fourth-order valence-corrected chi connectivity index (χ4v) is 3.25. The molecule has 0 saturated heterocycles. The van der Waals surface area contributed by atoms with E-state index in [0.717, 1.165) is 16.8 Å². The van der Waals surface area contributed by atoms with Crippen molar-refractivity contribution < 1.29 is 19.7 Å². The molecule has 1 heterocycles. The fourth-order valence-electron chi connectivity index (χ4n) is 3.25. The van der Waals surface area contributed by atoms with Gasteiger partial charge in [-0.15, -0.1) is 0 Å². The van der Waals surface area contributed by atoms with Gasteiger partial charge in [-0.2, -0.15) is 0 Å². The van der Waals surface area contributed by atoms with Crippen LogP contribution in [0.5, 0.6) is 17.2 Å². The van der Waals surface area contributed by atoms with Gasteiger partial charge in [0.2, 0.25) is 5.95 Å². The summed E-state index contributed by atoms with van der Waals surface area (Å²) in [4.78, 5) is 4.54. The van der Waals surface area contributed by atoms with Crippen LogP contribution in [0.4, 0.5) is 5.95 Å². The molecule has 1 atom stereocenters. The van der Waals surface area contributed by atoms with Gasteiger partial charge in [0.05, 0.1) is 24.2 Å². The van der Waals surface area contributed by atoms with Crippen molar-refractivity contribution in [2.75, 3.05) is 25.1 Å². The minimum Gasteiger partial charge on any atom is -0.491 e. The molecule has 0 saturated carbocycles. The van der Waals surface area contributed by atoms with Crippen LogP contribution in [0.2, 0.25) is 0 Å². The second-order valence-corrected chi connectivity index (χ2v) is 7.04. The van der Waals surface area contributed by atoms with Gasteiger partial charge in [-0.3, -0.25) is 0 Å². The van der Waals surface area contributed by atoms with Gasteiger partial charge < -0.3 is 29.6 Å². The minimum absolute atomic E-state index is 0.00114. The van der Waals surface area contributed by atoms with Gasteiger partial charge in [-0.1, -0.05) is 30.3 Å². The van der Waals surface area contributed by atoms with Gasteiger partial charge in [0.25, 0.3) is 0 Å². The average Bonchev–Trinajstić information content (AvgIpc) is 3.15. The second-order valence-electron chi connectivity index (χ2n) is 7.04. The van der Waals surface area contributed by atoms with Crippen LogP contribution in [-0.4, -0.2) is 45.6 Å². The molecule has 0 aliphatic heterocycles. The Bertz CT molecular complexity index is 1100. The Kier molecular flexibility index (Phi) is 6.66. The maximum atomic E-state index is 10.6. The van der Waals surface area contributed by atoms with Crippen molar-refractivity contribution in [2.24, 2.45) is 0 Å². The zero-order chi connectivity index (χ0) is 21.5. The molecule has 3 aromatic carbocycles. The lowest BCUT2D eigenvalue weighted by Crippen LogP contribution is -2.25. The van der Waals surface area contributed by atoms with Crippen molar-refractivity contribution >= 4 is 17.0 Å². The molecule has 3 N–H and O–H groups in total. The quantitative estimate of drug-likeness (QED) is 0.363. The number of aliphatic hydroxyl groups excluding tert-OH is 2. The smallest absolute Gasteiger partial charge is 0.204 e. The molecule has 0 fully saturated rings. The van der Waals surface area contributed by atoms with Gasteiger partial charge in [0, 0.05) is 6.54 Å². The van der Waals surface area contributed by atoms with E-state index in [-0.39, 0.29) is 13.2 Å².